The van der Waals surface area contributed by atoms with Crippen LogP contribution in [0.25, 0.3) is 0 Å². The molecule has 2 aromatic rings. The van der Waals surface area contributed by atoms with Crippen molar-refractivity contribution < 1.29 is 14.3 Å². The summed E-state index contributed by atoms with van der Waals surface area (Å²) in [6.45, 7) is 8.54. The third kappa shape index (κ3) is 4.55. The first-order valence-corrected chi connectivity index (χ1v) is 10.6. The SMILES string of the molecule is CCOC(=O)c1c(NC(=O)CNc2ccc(C)cc2C)sc2c1CC[C@H](C)C2. The Kier molecular flexibility index (Phi) is 6.39. The monoisotopic (exact) mass is 400 g/mol. The van der Waals surface area contributed by atoms with E-state index in [1.54, 1.807) is 6.92 Å². The molecule has 0 bridgehead atoms. The highest BCUT2D eigenvalue weighted by molar-refractivity contribution is 7.17. The minimum absolute atomic E-state index is 0.144. The van der Waals surface area contributed by atoms with Gasteiger partial charge in [0.15, 0.2) is 0 Å². The maximum atomic E-state index is 12.6. The Hall–Kier alpha value is -2.34. The summed E-state index contributed by atoms with van der Waals surface area (Å²) >= 11 is 1.51. The van der Waals surface area contributed by atoms with Crippen molar-refractivity contribution >= 4 is 33.9 Å². The van der Waals surface area contributed by atoms with E-state index in [1.165, 1.54) is 21.8 Å². The molecule has 5 nitrogen and oxygen atoms in total. The van der Waals surface area contributed by atoms with Crippen molar-refractivity contribution in [3.63, 3.8) is 0 Å². The predicted molar refractivity (Wildman–Crippen MR) is 114 cm³/mol. The smallest absolute Gasteiger partial charge is 0.341 e. The normalized spacial score (nSPS) is 15.6. The van der Waals surface area contributed by atoms with Gasteiger partial charge in [-0.2, -0.15) is 0 Å². The summed E-state index contributed by atoms with van der Waals surface area (Å²) in [4.78, 5) is 26.3. The molecule has 3 rings (SSSR count). The van der Waals surface area contributed by atoms with Crippen LogP contribution in [-0.4, -0.2) is 25.0 Å². The van der Waals surface area contributed by atoms with Gasteiger partial charge in [0.2, 0.25) is 5.91 Å². The number of thiophene rings is 1. The number of anilines is 2. The highest BCUT2D eigenvalue weighted by Crippen LogP contribution is 2.40. The van der Waals surface area contributed by atoms with Crippen molar-refractivity contribution in [2.24, 2.45) is 5.92 Å². The van der Waals surface area contributed by atoms with E-state index >= 15 is 0 Å². The summed E-state index contributed by atoms with van der Waals surface area (Å²) in [5.74, 6) is 0.0836. The Bertz CT molecular complexity index is 888. The third-order valence-corrected chi connectivity index (χ3v) is 6.24. The van der Waals surface area contributed by atoms with Gasteiger partial charge in [0.05, 0.1) is 18.7 Å². The van der Waals surface area contributed by atoms with E-state index in [0.717, 1.165) is 36.1 Å². The number of rotatable bonds is 6. The number of nitrogens with one attached hydrogen (secondary N) is 2. The maximum absolute atomic E-state index is 12.6. The topological polar surface area (TPSA) is 67.4 Å². The molecule has 1 atom stereocenters. The number of ether oxygens (including phenoxy) is 1. The molecule has 1 heterocycles. The number of hydrogen-bond acceptors (Lipinski definition) is 5. The first kappa shape index (κ1) is 20.4. The van der Waals surface area contributed by atoms with Gasteiger partial charge in [0, 0.05) is 10.6 Å². The van der Waals surface area contributed by atoms with Gasteiger partial charge in [-0.25, -0.2) is 4.79 Å². The van der Waals surface area contributed by atoms with Gasteiger partial charge >= 0.3 is 5.97 Å². The fraction of sp³-hybridized carbons (Fsp3) is 0.455. The minimum atomic E-state index is -0.341. The second-order valence-electron chi connectivity index (χ2n) is 7.50. The molecule has 1 aromatic carbocycles. The molecule has 0 aliphatic heterocycles. The second kappa shape index (κ2) is 8.78. The van der Waals surface area contributed by atoms with Crippen LogP contribution in [0.5, 0.6) is 0 Å². The Balaban J connectivity index is 1.75. The molecule has 150 valence electrons. The second-order valence-corrected chi connectivity index (χ2v) is 8.60. The number of esters is 1. The van der Waals surface area contributed by atoms with Crippen LogP contribution < -0.4 is 10.6 Å². The average molecular weight is 401 g/mol. The lowest BCUT2D eigenvalue weighted by Gasteiger charge is -2.18. The van der Waals surface area contributed by atoms with Crippen LogP contribution in [0, 0.1) is 19.8 Å². The first-order valence-electron chi connectivity index (χ1n) is 9.81. The molecular formula is C22H28N2O3S. The zero-order valence-corrected chi connectivity index (χ0v) is 17.8. The average Bonchev–Trinajstić information content (AvgIpc) is 2.97. The molecule has 0 saturated carbocycles. The molecule has 28 heavy (non-hydrogen) atoms. The van der Waals surface area contributed by atoms with Crippen molar-refractivity contribution in [3.8, 4) is 0 Å². The van der Waals surface area contributed by atoms with Crippen LogP contribution in [0.1, 0.15) is 52.2 Å². The Morgan fingerprint density at radius 1 is 1.29 bits per heavy atom. The predicted octanol–water partition coefficient (Wildman–Crippen LogP) is 4.72. The van der Waals surface area contributed by atoms with Crippen molar-refractivity contribution in [1.82, 2.24) is 0 Å². The number of benzene rings is 1. The summed E-state index contributed by atoms with van der Waals surface area (Å²) < 4.78 is 5.26. The van der Waals surface area contributed by atoms with Crippen molar-refractivity contribution in [2.75, 3.05) is 23.8 Å². The maximum Gasteiger partial charge on any atom is 0.341 e. The van der Waals surface area contributed by atoms with E-state index < -0.39 is 0 Å². The minimum Gasteiger partial charge on any atom is -0.462 e. The van der Waals surface area contributed by atoms with E-state index in [9.17, 15) is 9.59 Å². The quantitative estimate of drug-likeness (QED) is 0.689. The van der Waals surface area contributed by atoms with Crippen LogP contribution in [-0.2, 0) is 22.4 Å². The summed E-state index contributed by atoms with van der Waals surface area (Å²) in [6.07, 6.45) is 2.86. The molecule has 1 aliphatic rings. The largest absolute Gasteiger partial charge is 0.462 e. The zero-order chi connectivity index (χ0) is 20.3. The number of hydrogen-bond donors (Lipinski definition) is 2. The fourth-order valence-electron chi connectivity index (χ4n) is 3.62. The molecule has 0 fully saturated rings. The van der Waals surface area contributed by atoms with Crippen molar-refractivity contribution in [3.05, 3.63) is 45.3 Å². The first-order chi connectivity index (χ1) is 13.4. The van der Waals surface area contributed by atoms with Gasteiger partial charge in [0.25, 0.3) is 0 Å². The number of fused-ring (bicyclic) bond motifs is 1. The zero-order valence-electron chi connectivity index (χ0n) is 17.0. The van der Waals surface area contributed by atoms with Gasteiger partial charge in [-0.1, -0.05) is 24.6 Å². The van der Waals surface area contributed by atoms with Gasteiger partial charge in [0.1, 0.15) is 5.00 Å². The van der Waals surface area contributed by atoms with Crippen LogP contribution >= 0.6 is 11.3 Å². The van der Waals surface area contributed by atoms with Gasteiger partial charge in [-0.3, -0.25) is 4.79 Å². The highest BCUT2D eigenvalue weighted by Gasteiger charge is 2.29. The lowest BCUT2D eigenvalue weighted by molar-refractivity contribution is -0.114. The van der Waals surface area contributed by atoms with E-state index in [4.69, 9.17) is 4.74 Å². The molecule has 1 amide bonds. The molecular weight excluding hydrogens is 372 g/mol. The molecule has 6 heteroatoms. The van der Waals surface area contributed by atoms with Gasteiger partial charge in [-0.05, 0) is 63.1 Å². The fourth-order valence-corrected chi connectivity index (χ4v) is 5.03. The molecule has 0 unspecified atom stereocenters. The van der Waals surface area contributed by atoms with Crippen LogP contribution in [0.2, 0.25) is 0 Å². The summed E-state index contributed by atoms with van der Waals surface area (Å²) in [7, 11) is 0. The van der Waals surface area contributed by atoms with E-state index in [2.05, 4.69) is 23.6 Å². The summed E-state index contributed by atoms with van der Waals surface area (Å²) in [5.41, 5.74) is 4.82. The third-order valence-electron chi connectivity index (χ3n) is 5.07. The Labute approximate surface area is 170 Å². The molecule has 0 saturated heterocycles. The molecule has 0 spiro atoms. The van der Waals surface area contributed by atoms with Crippen LogP contribution in [0.3, 0.4) is 0 Å². The van der Waals surface area contributed by atoms with Crippen LogP contribution in [0.4, 0.5) is 10.7 Å². The number of amides is 1. The number of carbonyl (C=O) groups excluding carboxylic acids is 2. The molecule has 1 aliphatic carbocycles. The van der Waals surface area contributed by atoms with E-state index in [-0.39, 0.29) is 18.4 Å². The Morgan fingerprint density at radius 2 is 2.07 bits per heavy atom. The highest BCUT2D eigenvalue weighted by atomic mass is 32.1. The molecule has 2 N–H and O–H groups in total. The summed E-state index contributed by atoms with van der Waals surface area (Å²) in [6, 6.07) is 6.07. The summed E-state index contributed by atoms with van der Waals surface area (Å²) in [5, 5.41) is 6.73. The van der Waals surface area contributed by atoms with E-state index in [0.29, 0.717) is 23.1 Å². The lowest BCUT2D eigenvalue weighted by Crippen LogP contribution is -2.23. The van der Waals surface area contributed by atoms with E-state index in [1.807, 2.05) is 26.0 Å². The molecule has 1 aromatic heterocycles. The number of carbonyl (C=O) groups is 2. The molecule has 0 radical (unpaired) electrons. The van der Waals surface area contributed by atoms with Crippen molar-refractivity contribution in [1.29, 1.82) is 0 Å². The number of aryl methyl sites for hydroxylation is 2. The van der Waals surface area contributed by atoms with Crippen LogP contribution in [0.15, 0.2) is 18.2 Å². The van der Waals surface area contributed by atoms with Gasteiger partial charge in [-0.15, -0.1) is 11.3 Å². The lowest BCUT2D eigenvalue weighted by atomic mass is 9.88. The van der Waals surface area contributed by atoms with Crippen molar-refractivity contribution in [2.45, 2.75) is 47.0 Å². The standard InChI is InChI=1S/C22H28N2O3S/c1-5-27-22(26)20-16-8-6-14(3)11-18(16)28-21(20)24-19(25)12-23-17-9-7-13(2)10-15(17)4/h7,9-10,14,23H,5-6,8,11-12H2,1-4H3,(H,24,25)/t14-/m0/s1. The Morgan fingerprint density at radius 3 is 2.79 bits per heavy atom. The van der Waals surface area contributed by atoms with Gasteiger partial charge < -0.3 is 15.4 Å².